The number of halogens is 2. The van der Waals surface area contributed by atoms with Crippen LogP contribution in [-0.4, -0.2) is 26.1 Å². The van der Waals surface area contributed by atoms with Gasteiger partial charge in [-0.05, 0) is 37.1 Å². The average Bonchev–Trinajstić information content (AvgIpc) is 2.37. The lowest BCUT2D eigenvalue weighted by atomic mass is 10.1. The summed E-state index contributed by atoms with van der Waals surface area (Å²) in [7, 11) is 1.42. The quantitative estimate of drug-likeness (QED) is 0.751. The molecule has 1 aromatic rings. The number of rotatable bonds is 7. The molecule has 0 heterocycles. The highest BCUT2D eigenvalue weighted by atomic mass is 35.5. The Kier molecular flexibility index (Phi) is 8.91. The Labute approximate surface area is 118 Å². The molecular weight excluding hydrogens is 271 g/mol. The van der Waals surface area contributed by atoms with E-state index in [2.05, 4.69) is 5.32 Å². The van der Waals surface area contributed by atoms with Crippen molar-refractivity contribution in [2.75, 3.05) is 20.2 Å². The number of methoxy groups -OCH3 is 1. The van der Waals surface area contributed by atoms with Crippen LogP contribution in [0.1, 0.15) is 18.4 Å². The SMILES string of the molecule is COc1ccc(CCC(=O)NCCCN)cc1F.Cl. The third kappa shape index (κ3) is 6.40. The zero-order valence-electron chi connectivity index (χ0n) is 10.9. The van der Waals surface area contributed by atoms with Gasteiger partial charge in [0.15, 0.2) is 11.6 Å². The van der Waals surface area contributed by atoms with E-state index >= 15 is 0 Å². The molecule has 0 bridgehead atoms. The molecule has 1 rings (SSSR count). The van der Waals surface area contributed by atoms with Crippen molar-refractivity contribution < 1.29 is 13.9 Å². The minimum Gasteiger partial charge on any atom is -0.494 e. The molecule has 1 amide bonds. The highest BCUT2D eigenvalue weighted by Gasteiger charge is 2.05. The Hall–Kier alpha value is -1.33. The van der Waals surface area contributed by atoms with Gasteiger partial charge in [-0.2, -0.15) is 0 Å². The van der Waals surface area contributed by atoms with Gasteiger partial charge in [-0.25, -0.2) is 4.39 Å². The lowest BCUT2D eigenvalue weighted by Crippen LogP contribution is -2.26. The molecule has 6 heteroatoms. The first-order valence-corrected chi connectivity index (χ1v) is 5.96. The number of ether oxygens (including phenoxy) is 1. The van der Waals surface area contributed by atoms with Crippen LogP contribution in [0.2, 0.25) is 0 Å². The van der Waals surface area contributed by atoms with Crippen molar-refractivity contribution in [2.45, 2.75) is 19.3 Å². The number of benzene rings is 1. The fourth-order valence-electron chi connectivity index (χ4n) is 1.54. The number of carbonyl (C=O) groups is 1. The molecule has 0 radical (unpaired) electrons. The second kappa shape index (κ2) is 9.58. The van der Waals surface area contributed by atoms with E-state index in [4.69, 9.17) is 10.5 Å². The fourth-order valence-corrected chi connectivity index (χ4v) is 1.54. The van der Waals surface area contributed by atoms with Crippen LogP contribution in [0.4, 0.5) is 4.39 Å². The first kappa shape index (κ1) is 17.7. The molecule has 0 fully saturated rings. The van der Waals surface area contributed by atoms with Crippen LogP contribution in [0.15, 0.2) is 18.2 Å². The number of carbonyl (C=O) groups excluding carboxylic acids is 1. The van der Waals surface area contributed by atoms with E-state index in [9.17, 15) is 9.18 Å². The standard InChI is InChI=1S/C13H19FN2O2.ClH/c1-18-12-5-3-10(9-11(12)14)4-6-13(17)16-8-2-7-15;/h3,5,9H,2,4,6-8,15H2,1H3,(H,16,17);1H. The van der Waals surface area contributed by atoms with Gasteiger partial charge in [0.2, 0.25) is 5.91 Å². The molecule has 0 unspecified atom stereocenters. The van der Waals surface area contributed by atoms with Crippen LogP contribution >= 0.6 is 12.4 Å². The fraction of sp³-hybridized carbons (Fsp3) is 0.462. The summed E-state index contributed by atoms with van der Waals surface area (Å²) in [6, 6.07) is 4.72. The molecule has 0 atom stereocenters. The van der Waals surface area contributed by atoms with E-state index in [-0.39, 0.29) is 24.1 Å². The number of hydrogen-bond acceptors (Lipinski definition) is 3. The molecule has 108 valence electrons. The second-order valence-electron chi connectivity index (χ2n) is 3.96. The summed E-state index contributed by atoms with van der Waals surface area (Å²) in [5.74, 6) is -0.232. The van der Waals surface area contributed by atoms with Crippen molar-refractivity contribution in [2.24, 2.45) is 5.73 Å². The summed E-state index contributed by atoms with van der Waals surface area (Å²) in [6.45, 7) is 1.15. The third-order valence-corrected chi connectivity index (χ3v) is 2.56. The van der Waals surface area contributed by atoms with Crippen molar-refractivity contribution in [3.63, 3.8) is 0 Å². The van der Waals surface area contributed by atoms with Crippen LogP contribution < -0.4 is 15.8 Å². The van der Waals surface area contributed by atoms with E-state index < -0.39 is 5.82 Å². The zero-order valence-corrected chi connectivity index (χ0v) is 11.8. The van der Waals surface area contributed by atoms with Crippen molar-refractivity contribution in [1.29, 1.82) is 0 Å². The summed E-state index contributed by atoms with van der Waals surface area (Å²) in [6.07, 6.45) is 1.62. The van der Waals surface area contributed by atoms with Gasteiger partial charge in [-0.15, -0.1) is 12.4 Å². The first-order valence-electron chi connectivity index (χ1n) is 5.96. The predicted molar refractivity (Wildman–Crippen MR) is 75.2 cm³/mol. The van der Waals surface area contributed by atoms with Gasteiger partial charge in [0, 0.05) is 13.0 Å². The Morgan fingerprint density at radius 3 is 2.79 bits per heavy atom. The molecule has 0 aliphatic rings. The Morgan fingerprint density at radius 1 is 1.47 bits per heavy atom. The minimum atomic E-state index is -0.404. The number of hydrogen-bond donors (Lipinski definition) is 2. The number of aryl methyl sites for hydroxylation is 1. The van der Waals surface area contributed by atoms with Gasteiger partial charge in [-0.3, -0.25) is 4.79 Å². The second-order valence-corrected chi connectivity index (χ2v) is 3.96. The van der Waals surface area contributed by atoms with Crippen LogP contribution in [0.3, 0.4) is 0 Å². The van der Waals surface area contributed by atoms with E-state index in [1.165, 1.54) is 13.2 Å². The number of nitrogens with one attached hydrogen (secondary N) is 1. The molecule has 3 N–H and O–H groups in total. The highest BCUT2D eigenvalue weighted by Crippen LogP contribution is 2.18. The normalized spacial score (nSPS) is 9.63. The maximum Gasteiger partial charge on any atom is 0.220 e. The molecule has 0 aliphatic heterocycles. The Balaban J connectivity index is 0.00000324. The third-order valence-electron chi connectivity index (χ3n) is 2.56. The lowest BCUT2D eigenvalue weighted by molar-refractivity contribution is -0.121. The molecule has 0 aromatic heterocycles. The molecule has 0 aliphatic carbocycles. The van der Waals surface area contributed by atoms with Crippen LogP contribution in [0, 0.1) is 5.82 Å². The van der Waals surface area contributed by atoms with Gasteiger partial charge in [0.25, 0.3) is 0 Å². The maximum absolute atomic E-state index is 13.4. The summed E-state index contributed by atoms with van der Waals surface area (Å²) in [4.78, 5) is 11.4. The molecule has 1 aromatic carbocycles. The van der Waals surface area contributed by atoms with Gasteiger partial charge in [0.05, 0.1) is 7.11 Å². The topological polar surface area (TPSA) is 64.3 Å². The zero-order chi connectivity index (χ0) is 13.4. The summed E-state index contributed by atoms with van der Waals surface area (Å²) >= 11 is 0. The maximum atomic E-state index is 13.4. The van der Waals surface area contributed by atoms with Crippen molar-refractivity contribution in [3.8, 4) is 5.75 Å². The summed E-state index contributed by atoms with van der Waals surface area (Å²) in [5.41, 5.74) is 6.10. The Morgan fingerprint density at radius 2 is 2.21 bits per heavy atom. The highest BCUT2D eigenvalue weighted by molar-refractivity contribution is 5.85. The van der Waals surface area contributed by atoms with E-state index in [0.29, 0.717) is 25.9 Å². The van der Waals surface area contributed by atoms with Crippen molar-refractivity contribution in [3.05, 3.63) is 29.6 Å². The molecule has 0 saturated carbocycles. The predicted octanol–water partition coefficient (Wildman–Crippen LogP) is 1.65. The summed E-state index contributed by atoms with van der Waals surface area (Å²) in [5, 5.41) is 2.75. The monoisotopic (exact) mass is 290 g/mol. The number of amides is 1. The first-order chi connectivity index (χ1) is 8.67. The average molecular weight is 291 g/mol. The molecule has 0 spiro atoms. The molecule has 4 nitrogen and oxygen atoms in total. The summed E-state index contributed by atoms with van der Waals surface area (Å²) < 4.78 is 18.2. The van der Waals surface area contributed by atoms with Crippen molar-refractivity contribution in [1.82, 2.24) is 5.32 Å². The largest absolute Gasteiger partial charge is 0.494 e. The van der Waals surface area contributed by atoms with Gasteiger partial charge in [0.1, 0.15) is 0 Å². The van der Waals surface area contributed by atoms with Gasteiger partial charge >= 0.3 is 0 Å². The number of nitrogens with two attached hydrogens (primary N) is 1. The van der Waals surface area contributed by atoms with E-state index in [1.54, 1.807) is 12.1 Å². The van der Waals surface area contributed by atoms with Crippen molar-refractivity contribution >= 4 is 18.3 Å². The Bertz CT molecular complexity index is 402. The minimum absolute atomic E-state index is 0. The van der Waals surface area contributed by atoms with Crippen LogP contribution in [-0.2, 0) is 11.2 Å². The van der Waals surface area contributed by atoms with E-state index in [0.717, 1.165) is 12.0 Å². The van der Waals surface area contributed by atoms with Gasteiger partial charge < -0.3 is 15.8 Å². The van der Waals surface area contributed by atoms with Gasteiger partial charge in [-0.1, -0.05) is 6.07 Å². The molecule has 0 saturated heterocycles. The van der Waals surface area contributed by atoms with Crippen LogP contribution in [0.25, 0.3) is 0 Å². The smallest absolute Gasteiger partial charge is 0.220 e. The van der Waals surface area contributed by atoms with Crippen LogP contribution in [0.5, 0.6) is 5.75 Å². The van der Waals surface area contributed by atoms with E-state index in [1.807, 2.05) is 0 Å². The molecular formula is C13H20ClFN2O2. The molecule has 19 heavy (non-hydrogen) atoms. The lowest BCUT2D eigenvalue weighted by Gasteiger charge is -2.06.